The van der Waals surface area contributed by atoms with E-state index in [0.717, 1.165) is 30.7 Å². The molecule has 168 valence electrons. The molecule has 1 aliphatic carbocycles. The number of fused-ring (bicyclic) bond motifs is 1. The Morgan fingerprint density at radius 1 is 1.10 bits per heavy atom. The van der Waals surface area contributed by atoms with Gasteiger partial charge in [-0.3, -0.25) is 4.79 Å². The van der Waals surface area contributed by atoms with Gasteiger partial charge in [-0.2, -0.15) is 0 Å². The minimum absolute atomic E-state index is 0. The van der Waals surface area contributed by atoms with Gasteiger partial charge in [-0.05, 0) is 30.5 Å². The van der Waals surface area contributed by atoms with E-state index in [1.165, 1.54) is 29.4 Å². The Morgan fingerprint density at radius 3 is 2.48 bits per heavy atom. The third-order valence-corrected chi connectivity index (χ3v) is 6.17. The van der Waals surface area contributed by atoms with Gasteiger partial charge in [-0.1, -0.05) is 49.2 Å². The van der Waals surface area contributed by atoms with Gasteiger partial charge < -0.3 is 20.4 Å². The van der Waals surface area contributed by atoms with E-state index in [1.807, 2.05) is 18.2 Å². The highest BCUT2D eigenvalue weighted by atomic mass is 35.5. The quantitative estimate of drug-likeness (QED) is 0.497. The number of amides is 1. The molecule has 1 saturated carbocycles. The fourth-order valence-electron chi connectivity index (χ4n) is 4.70. The highest BCUT2D eigenvalue weighted by Gasteiger charge is 2.37. The summed E-state index contributed by atoms with van der Waals surface area (Å²) in [6, 6.07) is 16.7. The molecule has 2 aromatic carbocycles. The number of carbonyl (C=O) groups is 1. The second-order valence-electron chi connectivity index (χ2n) is 7.92. The Morgan fingerprint density at radius 2 is 1.77 bits per heavy atom. The lowest BCUT2D eigenvalue weighted by atomic mass is 9.87. The van der Waals surface area contributed by atoms with E-state index in [2.05, 4.69) is 46.4 Å². The molecule has 3 N–H and O–H groups in total. The molecule has 5 nitrogen and oxygen atoms in total. The van der Waals surface area contributed by atoms with Crippen LogP contribution in [0.1, 0.15) is 43.2 Å². The molecule has 0 aliphatic heterocycles. The van der Waals surface area contributed by atoms with Crippen molar-refractivity contribution in [1.29, 1.82) is 0 Å². The molecule has 1 amide bonds. The fraction of sp³-hybridized carbons (Fsp3) is 0.375. The summed E-state index contributed by atoms with van der Waals surface area (Å²) in [5, 5.41) is 5.11. The SMILES string of the molecule is COc1ccccc1C1(NCc2cn(CCC(N)=O)c3ccccc23)CCCC1.Cl.Cl. The monoisotopic (exact) mass is 463 g/mol. The molecule has 3 aromatic rings. The smallest absolute Gasteiger partial charge is 0.219 e. The van der Waals surface area contributed by atoms with Crippen molar-refractivity contribution in [1.82, 2.24) is 9.88 Å². The number of para-hydroxylation sites is 2. The van der Waals surface area contributed by atoms with E-state index >= 15 is 0 Å². The topological polar surface area (TPSA) is 69.3 Å². The molecule has 0 atom stereocenters. The lowest BCUT2D eigenvalue weighted by Gasteiger charge is -2.32. The van der Waals surface area contributed by atoms with Crippen LogP contribution in [0.2, 0.25) is 0 Å². The summed E-state index contributed by atoms with van der Waals surface area (Å²) in [7, 11) is 1.74. The number of carbonyl (C=O) groups excluding carboxylic acids is 1. The molecule has 0 bridgehead atoms. The summed E-state index contributed by atoms with van der Waals surface area (Å²) in [6.45, 7) is 1.37. The van der Waals surface area contributed by atoms with Crippen LogP contribution in [0.15, 0.2) is 54.7 Å². The second-order valence-corrected chi connectivity index (χ2v) is 7.92. The first-order chi connectivity index (χ1) is 14.1. The Hall–Kier alpha value is -2.21. The Labute approximate surface area is 196 Å². The number of hydrogen-bond acceptors (Lipinski definition) is 3. The molecule has 1 aromatic heterocycles. The first-order valence-electron chi connectivity index (χ1n) is 10.4. The van der Waals surface area contributed by atoms with Crippen molar-refractivity contribution >= 4 is 41.6 Å². The molecule has 1 heterocycles. The van der Waals surface area contributed by atoms with Gasteiger partial charge in [0.2, 0.25) is 5.91 Å². The fourth-order valence-corrected chi connectivity index (χ4v) is 4.70. The number of halogens is 2. The lowest BCUT2D eigenvalue weighted by Crippen LogP contribution is -2.39. The van der Waals surface area contributed by atoms with E-state index < -0.39 is 0 Å². The van der Waals surface area contributed by atoms with Crippen LogP contribution in [0.5, 0.6) is 5.75 Å². The number of nitrogens with one attached hydrogen (secondary N) is 1. The highest BCUT2D eigenvalue weighted by Crippen LogP contribution is 2.43. The van der Waals surface area contributed by atoms with Gasteiger partial charge in [0.05, 0.1) is 7.11 Å². The zero-order valence-electron chi connectivity index (χ0n) is 17.8. The van der Waals surface area contributed by atoms with Crippen LogP contribution in [0.25, 0.3) is 10.9 Å². The Balaban J connectivity index is 0.00000171. The van der Waals surface area contributed by atoms with Crippen LogP contribution in [0.3, 0.4) is 0 Å². The molecule has 0 spiro atoms. The molecule has 1 aliphatic rings. The number of nitrogens with zero attached hydrogens (tertiary/aromatic N) is 1. The summed E-state index contributed by atoms with van der Waals surface area (Å²) < 4.78 is 7.82. The summed E-state index contributed by atoms with van der Waals surface area (Å²) >= 11 is 0. The third-order valence-electron chi connectivity index (χ3n) is 6.17. The van der Waals surface area contributed by atoms with Gasteiger partial charge in [0.1, 0.15) is 5.75 Å². The van der Waals surface area contributed by atoms with Crippen molar-refractivity contribution in [2.24, 2.45) is 5.73 Å². The predicted octanol–water partition coefficient (Wildman–Crippen LogP) is 4.93. The first kappa shape index (κ1) is 25.1. The van der Waals surface area contributed by atoms with Gasteiger partial charge in [0.25, 0.3) is 0 Å². The maximum absolute atomic E-state index is 11.3. The molecule has 1 fully saturated rings. The number of aryl methyl sites for hydroxylation is 1. The summed E-state index contributed by atoms with van der Waals surface area (Å²) in [4.78, 5) is 11.3. The summed E-state index contributed by atoms with van der Waals surface area (Å²) in [5.74, 6) is 0.675. The van der Waals surface area contributed by atoms with Gasteiger partial charge in [-0.25, -0.2) is 0 Å². The van der Waals surface area contributed by atoms with E-state index in [1.54, 1.807) is 7.11 Å². The number of rotatable bonds is 8. The van der Waals surface area contributed by atoms with Gasteiger partial charge in [-0.15, -0.1) is 24.8 Å². The number of hydrogen-bond donors (Lipinski definition) is 2. The molecule has 0 unspecified atom stereocenters. The van der Waals surface area contributed by atoms with E-state index in [0.29, 0.717) is 13.0 Å². The molecule has 0 radical (unpaired) electrons. The minimum atomic E-state index is -0.275. The predicted molar refractivity (Wildman–Crippen MR) is 130 cm³/mol. The van der Waals surface area contributed by atoms with Crippen LogP contribution < -0.4 is 15.8 Å². The first-order valence-corrected chi connectivity index (χ1v) is 10.4. The van der Waals surface area contributed by atoms with E-state index in [-0.39, 0.29) is 36.3 Å². The zero-order valence-corrected chi connectivity index (χ0v) is 19.4. The molecule has 0 saturated heterocycles. The molecular formula is C24H31Cl2N3O2. The maximum atomic E-state index is 11.3. The van der Waals surface area contributed by atoms with Crippen LogP contribution in [0, 0.1) is 0 Å². The van der Waals surface area contributed by atoms with Crippen molar-refractivity contribution in [3.63, 3.8) is 0 Å². The average molecular weight is 464 g/mol. The van der Waals surface area contributed by atoms with Gasteiger partial charge >= 0.3 is 0 Å². The Bertz CT molecular complexity index is 1010. The maximum Gasteiger partial charge on any atom is 0.219 e. The van der Waals surface area contributed by atoms with Crippen LogP contribution in [-0.4, -0.2) is 17.6 Å². The van der Waals surface area contributed by atoms with Crippen molar-refractivity contribution in [2.75, 3.05) is 7.11 Å². The number of benzene rings is 2. The zero-order chi connectivity index (χ0) is 20.3. The van der Waals surface area contributed by atoms with Crippen molar-refractivity contribution < 1.29 is 9.53 Å². The molecule has 7 heteroatoms. The molecule has 4 rings (SSSR count). The number of nitrogens with two attached hydrogens (primary N) is 1. The second kappa shape index (κ2) is 10.9. The van der Waals surface area contributed by atoms with Gasteiger partial charge in [0.15, 0.2) is 0 Å². The van der Waals surface area contributed by atoms with Crippen molar-refractivity contribution in [3.8, 4) is 5.75 Å². The number of primary amides is 1. The number of ether oxygens (including phenoxy) is 1. The van der Waals surface area contributed by atoms with Gasteiger partial charge in [0, 0.05) is 47.7 Å². The van der Waals surface area contributed by atoms with Crippen molar-refractivity contribution in [3.05, 3.63) is 65.9 Å². The standard InChI is InChI=1S/C24H29N3O2.2ClH/c1-29-22-11-5-3-9-20(22)24(13-6-7-14-24)26-16-18-17-27(15-12-23(25)28)21-10-4-2-8-19(18)21;;/h2-5,8-11,17,26H,6-7,12-16H2,1H3,(H2,25,28);2*1H. The molecular weight excluding hydrogens is 433 g/mol. The summed E-state index contributed by atoms with van der Waals surface area (Å²) in [6.07, 6.45) is 7.14. The largest absolute Gasteiger partial charge is 0.496 e. The van der Waals surface area contributed by atoms with Crippen LogP contribution >= 0.6 is 24.8 Å². The van der Waals surface area contributed by atoms with E-state index in [4.69, 9.17) is 10.5 Å². The lowest BCUT2D eigenvalue weighted by molar-refractivity contribution is -0.118. The third kappa shape index (κ3) is 5.17. The Kier molecular flexibility index (Phi) is 8.80. The minimum Gasteiger partial charge on any atom is -0.496 e. The molecule has 31 heavy (non-hydrogen) atoms. The number of aromatic nitrogens is 1. The van der Waals surface area contributed by atoms with Crippen molar-refractivity contribution in [2.45, 2.75) is 50.7 Å². The summed E-state index contributed by atoms with van der Waals surface area (Å²) in [5.41, 5.74) is 8.93. The normalized spacial score (nSPS) is 14.6. The number of methoxy groups -OCH3 is 1. The highest BCUT2D eigenvalue weighted by molar-refractivity contribution is 5.86. The van der Waals surface area contributed by atoms with Crippen LogP contribution in [0.4, 0.5) is 0 Å². The van der Waals surface area contributed by atoms with E-state index in [9.17, 15) is 4.79 Å². The van der Waals surface area contributed by atoms with Crippen LogP contribution in [-0.2, 0) is 23.4 Å². The average Bonchev–Trinajstić information content (AvgIpc) is 3.36.